The van der Waals surface area contributed by atoms with E-state index >= 15 is 0 Å². The first-order chi connectivity index (χ1) is 12.8. The monoisotopic (exact) mass is 398 g/mol. The van der Waals surface area contributed by atoms with Crippen LogP contribution in [0, 0.1) is 0 Å². The number of hydrogen-bond donors (Lipinski definition) is 2. The lowest BCUT2D eigenvalue weighted by Gasteiger charge is -2.18. The van der Waals surface area contributed by atoms with Gasteiger partial charge in [-0.3, -0.25) is 20.4 Å². The van der Waals surface area contributed by atoms with Gasteiger partial charge in [-0.1, -0.05) is 0 Å². The molecule has 2 amide bonds. The van der Waals surface area contributed by atoms with Gasteiger partial charge in [0.05, 0.1) is 0 Å². The van der Waals surface area contributed by atoms with E-state index in [-0.39, 0.29) is 27.8 Å². The molecule has 27 heavy (non-hydrogen) atoms. The molecule has 0 aromatic heterocycles. The molecule has 142 valence electrons. The van der Waals surface area contributed by atoms with Crippen LogP contribution in [-0.2, 0) is 0 Å². The van der Waals surface area contributed by atoms with E-state index in [1.54, 1.807) is 6.07 Å². The second-order valence-electron chi connectivity index (χ2n) is 5.34. The molecule has 0 saturated heterocycles. The number of carbonyl (C=O) groups excluding carboxylic acids is 2. The standard InChI is InChI=1S/C17H13F3N2O4S/c18-17(19,20)27-12-4-1-10(2-5-12)15(23)21-22-16(24)11-3-6-13-14(9-11)26-8-7-25-13/h1-6,9H,7-8H2,(H,21,23)(H,22,24). The first-order valence-electron chi connectivity index (χ1n) is 7.68. The summed E-state index contributed by atoms with van der Waals surface area (Å²) in [5, 5.41) is 0. The molecule has 3 rings (SSSR count). The fourth-order valence-electron chi connectivity index (χ4n) is 2.25. The van der Waals surface area contributed by atoms with Crippen LogP contribution < -0.4 is 20.3 Å². The van der Waals surface area contributed by atoms with Crippen molar-refractivity contribution < 1.29 is 32.2 Å². The molecule has 1 aliphatic heterocycles. The second kappa shape index (κ2) is 7.78. The molecule has 0 radical (unpaired) electrons. The third kappa shape index (κ3) is 5.07. The average Bonchev–Trinajstić information content (AvgIpc) is 2.64. The average molecular weight is 398 g/mol. The van der Waals surface area contributed by atoms with Crippen LogP contribution in [0.5, 0.6) is 11.5 Å². The largest absolute Gasteiger partial charge is 0.486 e. The van der Waals surface area contributed by atoms with Crippen molar-refractivity contribution >= 4 is 23.6 Å². The van der Waals surface area contributed by atoms with Crippen LogP contribution >= 0.6 is 11.8 Å². The van der Waals surface area contributed by atoms with Gasteiger partial charge >= 0.3 is 5.51 Å². The Hall–Kier alpha value is -2.88. The third-order valence-electron chi connectivity index (χ3n) is 3.44. The van der Waals surface area contributed by atoms with Gasteiger partial charge in [0.2, 0.25) is 0 Å². The smallest absolute Gasteiger partial charge is 0.446 e. The van der Waals surface area contributed by atoms with Crippen LogP contribution in [0.1, 0.15) is 20.7 Å². The van der Waals surface area contributed by atoms with Crippen LogP contribution in [0.25, 0.3) is 0 Å². The maximum Gasteiger partial charge on any atom is 0.446 e. The lowest BCUT2D eigenvalue weighted by Crippen LogP contribution is -2.41. The highest BCUT2D eigenvalue weighted by molar-refractivity contribution is 8.00. The van der Waals surface area contributed by atoms with E-state index in [1.165, 1.54) is 36.4 Å². The molecule has 2 N–H and O–H groups in total. The SMILES string of the molecule is O=C(NNC(=O)c1ccc2c(c1)OCCO2)c1ccc(SC(F)(F)F)cc1. The number of carbonyl (C=O) groups is 2. The van der Waals surface area contributed by atoms with E-state index in [1.807, 2.05) is 0 Å². The lowest BCUT2D eigenvalue weighted by molar-refractivity contribution is -0.0328. The van der Waals surface area contributed by atoms with Crippen molar-refractivity contribution in [1.29, 1.82) is 0 Å². The van der Waals surface area contributed by atoms with E-state index in [9.17, 15) is 22.8 Å². The number of hydrogen-bond acceptors (Lipinski definition) is 5. The number of amides is 2. The Labute approximate surface area is 156 Å². The summed E-state index contributed by atoms with van der Waals surface area (Å²) in [7, 11) is 0. The summed E-state index contributed by atoms with van der Waals surface area (Å²) in [6.07, 6.45) is 0. The van der Waals surface area contributed by atoms with Gasteiger partial charge in [0.15, 0.2) is 11.5 Å². The molecular formula is C17H13F3N2O4S. The van der Waals surface area contributed by atoms with E-state index in [2.05, 4.69) is 10.9 Å². The summed E-state index contributed by atoms with van der Waals surface area (Å²) in [4.78, 5) is 24.1. The minimum absolute atomic E-state index is 0.0423. The summed E-state index contributed by atoms with van der Waals surface area (Å²) in [5.74, 6) is -0.286. The Morgan fingerprint density at radius 3 is 2.04 bits per heavy atom. The van der Waals surface area contributed by atoms with Crippen molar-refractivity contribution in [1.82, 2.24) is 10.9 Å². The number of fused-ring (bicyclic) bond motifs is 1. The van der Waals surface area contributed by atoms with E-state index in [0.29, 0.717) is 24.7 Å². The molecule has 1 heterocycles. The van der Waals surface area contributed by atoms with Gasteiger partial charge in [0.1, 0.15) is 13.2 Å². The molecule has 0 saturated carbocycles. The van der Waals surface area contributed by atoms with Gasteiger partial charge in [-0.05, 0) is 54.2 Å². The molecule has 0 bridgehead atoms. The zero-order valence-corrected chi connectivity index (χ0v) is 14.4. The molecule has 10 heteroatoms. The lowest BCUT2D eigenvalue weighted by atomic mass is 10.2. The molecule has 0 fully saturated rings. The van der Waals surface area contributed by atoms with Crippen LogP contribution in [-0.4, -0.2) is 30.5 Å². The van der Waals surface area contributed by atoms with Gasteiger partial charge in [0, 0.05) is 16.0 Å². The molecule has 2 aromatic carbocycles. The van der Waals surface area contributed by atoms with Crippen molar-refractivity contribution in [2.75, 3.05) is 13.2 Å². The van der Waals surface area contributed by atoms with Gasteiger partial charge in [-0.25, -0.2) is 0 Å². The Bertz CT molecular complexity index is 856. The van der Waals surface area contributed by atoms with Crippen molar-refractivity contribution in [2.24, 2.45) is 0 Å². The first kappa shape index (κ1) is 18.9. The fourth-order valence-corrected chi connectivity index (χ4v) is 2.79. The van der Waals surface area contributed by atoms with E-state index in [4.69, 9.17) is 9.47 Å². The van der Waals surface area contributed by atoms with Gasteiger partial charge < -0.3 is 9.47 Å². The van der Waals surface area contributed by atoms with Crippen LogP contribution in [0.15, 0.2) is 47.4 Å². The molecule has 1 aliphatic rings. The number of rotatable bonds is 3. The maximum absolute atomic E-state index is 12.3. The molecule has 6 nitrogen and oxygen atoms in total. The van der Waals surface area contributed by atoms with Crippen LogP contribution in [0.2, 0.25) is 0 Å². The quantitative estimate of drug-likeness (QED) is 0.614. The van der Waals surface area contributed by atoms with Gasteiger partial charge in [0.25, 0.3) is 11.8 Å². The summed E-state index contributed by atoms with van der Waals surface area (Å²) in [5.41, 5.74) is 0.388. The van der Waals surface area contributed by atoms with Crippen LogP contribution in [0.4, 0.5) is 13.2 Å². The Balaban J connectivity index is 1.58. The minimum Gasteiger partial charge on any atom is -0.486 e. The number of nitrogens with one attached hydrogen (secondary N) is 2. The summed E-state index contributed by atoms with van der Waals surface area (Å²) < 4.78 is 47.6. The number of hydrazine groups is 1. The molecular weight excluding hydrogens is 385 g/mol. The fraction of sp³-hybridized carbons (Fsp3) is 0.176. The Morgan fingerprint density at radius 2 is 1.41 bits per heavy atom. The van der Waals surface area contributed by atoms with E-state index < -0.39 is 17.3 Å². The summed E-state index contributed by atoms with van der Waals surface area (Å²) in [6, 6.07) is 9.41. The van der Waals surface area contributed by atoms with Crippen molar-refractivity contribution in [3.63, 3.8) is 0 Å². The van der Waals surface area contributed by atoms with Gasteiger partial charge in [-0.2, -0.15) is 13.2 Å². The highest BCUT2D eigenvalue weighted by Crippen LogP contribution is 2.36. The zero-order valence-electron chi connectivity index (χ0n) is 13.6. The first-order valence-corrected chi connectivity index (χ1v) is 8.49. The van der Waals surface area contributed by atoms with Crippen molar-refractivity contribution in [2.45, 2.75) is 10.4 Å². The zero-order chi connectivity index (χ0) is 19.4. The Morgan fingerprint density at radius 1 is 0.852 bits per heavy atom. The maximum atomic E-state index is 12.3. The van der Waals surface area contributed by atoms with Gasteiger partial charge in [-0.15, -0.1) is 0 Å². The summed E-state index contributed by atoms with van der Waals surface area (Å²) >= 11 is -0.276. The Kier molecular flexibility index (Phi) is 5.45. The number of thioether (sulfide) groups is 1. The molecule has 0 spiro atoms. The molecule has 0 atom stereocenters. The van der Waals surface area contributed by atoms with Crippen molar-refractivity contribution in [3.05, 3.63) is 53.6 Å². The predicted octanol–water partition coefficient (Wildman–Crippen LogP) is 3.14. The summed E-state index contributed by atoms with van der Waals surface area (Å²) in [6.45, 7) is 0.798. The number of alkyl halides is 3. The molecule has 0 aliphatic carbocycles. The molecule has 0 unspecified atom stereocenters. The second-order valence-corrected chi connectivity index (χ2v) is 6.48. The third-order valence-corrected chi connectivity index (χ3v) is 4.18. The topological polar surface area (TPSA) is 76.7 Å². The van der Waals surface area contributed by atoms with Crippen LogP contribution in [0.3, 0.4) is 0 Å². The number of ether oxygens (including phenoxy) is 2. The number of benzene rings is 2. The highest BCUT2D eigenvalue weighted by atomic mass is 32.2. The normalized spacial score (nSPS) is 13.0. The minimum atomic E-state index is -4.40. The number of halogens is 3. The highest BCUT2D eigenvalue weighted by Gasteiger charge is 2.29. The van der Waals surface area contributed by atoms with E-state index in [0.717, 1.165) is 0 Å². The molecule has 2 aromatic rings. The van der Waals surface area contributed by atoms with Crippen molar-refractivity contribution in [3.8, 4) is 11.5 Å². The predicted molar refractivity (Wildman–Crippen MR) is 90.7 cm³/mol.